The lowest BCUT2D eigenvalue weighted by molar-refractivity contribution is 0.409. The molecule has 0 amide bonds. The van der Waals surface area contributed by atoms with E-state index < -0.39 is 34.4 Å². The van der Waals surface area contributed by atoms with Gasteiger partial charge in [-0.05, 0) is 0 Å². The van der Waals surface area contributed by atoms with Gasteiger partial charge >= 0.3 is 0 Å². The third-order valence-electron chi connectivity index (χ3n) is 1.72. The fourth-order valence-electron chi connectivity index (χ4n) is 1.12. The summed E-state index contributed by atoms with van der Waals surface area (Å²) in [6, 6.07) is 0. The highest BCUT2D eigenvalue weighted by molar-refractivity contribution is 5.74. The van der Waals surface area contributed by atoms with Gasteiger partial charge in [-0.2, -0.15) is 4.39 Å². The molecule has 0 saturated heterocycles. The molecular formula is C8H3F4NO. The smallest absolute Gasteiger partial charge is 0.206 e. The maximum atomic E-state index is 12.9. The van der Waals surface area contributed by atoms with Gasteiger partial charge in [0.1, 0.15) is 0 Å². The first kappa shape index (κ1) is 8.98. The van der Waals surface area contributed by atoms with Gasteiger partial charge in [0.2, 0.25) is 11.6 Å². The van der Waals surface area contributed by atoms with Crippen LogP contribution in [0.5, 0.6) is 0 Å². The van der Waals surface area contributed by atoms with E-state index in [1.165, 1.54) is 6.92 Å². The molecule has 2 rings (SSSR count). The average molecular weight is 205 g/mol. The van der Waals surface area contributed by atoms with Crippen molar-refractivity contribution in [2.45, 2.75) is 6.92 Å². The molecule has 6 heteroatoms. The van der Waals surface area contributed by atoms with Crippen LogP contribution in [0.15, 0.2) is 4.42 Å². The third-order valence-corrected chi connectivity index (χ3v) is 1.72. The number of hydrogen-bond acceptors (Lipinski definition) is 2. The highest BCUT2D eigenvalue weighted by atomic mass is 19.2. The van der Waals surface area contributed by atoms with E-state index in [0.717, 1.165) is 0 Å². The van der Waals surface area contributed by atoms with Crippen LogP contribution in [0.1, 0.15) is 5.89 Å². The van der Waals surface area contributed by atoms with Gasteiger partial charge in [0, 0.05) is 6.92 Å². The number of halogens is 4. The van der Waals surface area contributed by atoms with E-state index in [2.05, 4.69) is 9.40 Å². The molecule has 14 heavy (non-hydrogen) atoms. The van der Waals surface area contributed by atoms with Crippen LogP contribution in [-0.2, 0) is 0 Å². The summed E-state index contributed by atoms with van der Waals surface area (Å²) in [5.41, 5.74) is -1.35. The lowest BCUT2D eigenvalue weighted by atomic mass is 10.3. The molecule has 0 radical (unpaired) electrons. The molecule has 0 saturated carbocycles. The summed E-state index contributed by atoms with van der Waals surface area (Å²) in [5, 5.41) is 0. The van der Waals surface area contributed by atoms with Crippen molar-refractivity contribution < 1.29 is 22.0 Å². The summed E-state index contributed by atoms with van der Waals surface area (Å²) in [6.45, 7) is 1.31. The Hall–Kier alpha value is -1.59. The Morgan fingerprint density at radius 1 is 0.929 bits per heavy atom. The van der Waals surface area contributed by atoms with Crippen molar-refractivity contribution in [3.63, 3.8) is 0 Å². The average Bonchev–Trinajstić information content (AvgIpc) is 2.54. The van der Waals surface area contributed by atoms with Crippen molar-refractivity contribution in [2.75, 3.05) is 0 Å². The summed E-state index contributed by atoms with van der Waals surface area (Å²) in [6.07, 6.45) is 0. The van der Waals surface area contributed by atoms with Gasteiger partial charge in [-0.15, -0.1) is 0 Å². The number of hydrogen-bond donors (Lipinski definition) is 0. The minimum Gasteiger partial charge on any atom is -0.438 e. The zero-order chi connectivity index (χ0) is 10.5. The largest absolute Gasteiger partial charge is 0.438 e. The molecule has 1 aromatic carbocycles. The molecule has 2 aromatic rings. The molecule has 0 atom stereocenters. The van der Waals surface area contributed by atoms with Crippen LogP contribution < -0.4 is 0 Å². The Labute approximate surface area is 75.2 Å². The van der Waals surface area contributed by atoms with Crippen molar-refractivity contribution in [1.29, 1.82) is 0 Å². The lowest BCUT2D eigenvalue weighted by Gasteiger charge is -1.96. The Kier molecular flexibility index (Phi) is 1.73. The number of nitrogens with zero attached hydrogens (tertiary/aromatic N) is 1. The quantitative estimate of drug-likeness (QED) is 0.375. The van der Waals surface area contributed by atoms with Crippen molar-refractivity contribution in [3.05, 3.63) is 29.2 Å². The number of fused-ring (bicyclic) bond motifs is 1. The predicted molar refractivity (Wildman–Crippen MR) is 38.6 cm³/mol. The second-order valence-electron chi connectivity index (χ2n) is 2.67. The molecule has 0 bridgehead atoms. The molecule has 0 fully saturated rings. The molecule has 0 spiro atoms. The van der Waals surface area contributed by atoms with Crippen LogP contribution in [0.25, 0.3) is 11.1 Å². The molecule has 0 aliphatic heterocycles. The maximum absolute atomic E-state index is 12.9. The molecule has 0 unspecified atom stereocenters. The van der Waals surface area contributed by atoms with Crippen molar-refractivity contribution in [2.24, 2.45) is 0 Å². The molecule has 0 aliphatic rings. The minimum atomic E-state index is -1.90. The van der Waals surface area contributed by atoms with Gasteiger partial charge in [0.05, 0.1) is 0 Å². The summed E-state index contributed by atoms with van der Waals surface area (Å²) < 4.78 is 55.8. The minimum absolute atomic E-state index is 0.0669. The summed E-state index contributed by atoms with van der Waals surface area (Å²) in [5.74, 6) is -6.97. The monoisotopic (exact) mass is 205 g/mol. The van der Waals surface area contributed by atoms with Crippen LogP contribution in [0.3, 0.4) is 0 Å². The van der Waals surface area contributed by atoms with E-state index >= 15 is 0 Å². The standard InChI is InChI=1S/C8H3F4NO/c1-2-13-7-5(11)3(9)4(10)6(12)8(7)14-2/h1H3. The first-order valence-electron chi connectivity index (χ1n) is 3.61. The highest BCUT2D eigenvalue weighted by Crippen LogP contribution is 2.26. The van der Waals surface area contributed by atoms with Crippen LogP contribution in [0.2, 0.25) is 0 Å². The number of benzene rings is 1. The van der Waals surface area contributed by atoms with Gasteiger partial charge in [-0.1, -0.05) is 0 Å². The van der Waals surface area contributed by atoms with Gasteiger partial charge < -0.3 is 4.42 Å². The van der Waals surface area contributed by atoms with Crippen LogP contribution >= 0.6 is 0 Å². The van der Waals surface area contributed by atoms with E-state index in [4.69, 9.17) is 0 Å². The highest BCUT2D eigenvalue weighted by Gasteiger charge is 2.24. The molecule has 2 nitrogen and oxygen atoms in total. The second-order valence-corrected chi connectivity index (χ2v) is 2.67. The summed E-state index contributed by atoms with van der Waals surface area (Å²) >= 11 is 0. The van der Waals surface area contributed by atoms with E-state index in [1.54, 1.807) is 0 Å². The van der Waals surface area contributed by atoms with Crippen molar-refractivity contribution in [1.82, 2.24) is 4.98 Å². The van der Waals surface area contributed by atoms with E-state index in [9.17, 15) is 17.6 Å². The van der Waals surface area contributed by atoms with Gasteiger partial charge in [-0.25, -0.2) is 18.2 Å². The zero-order valence-corrected chi connectivity index (χ0v) is 6.87. The lowest BCUT2D eigenvalue weighted by Crippen LogP contribution is -1.96. The Morgan fingerprint density at radius 2 is 1.50 bits per heavy atom. The first-order chi connectivity index (χ1) is 6.52. The second kappa shape index (κ2) is 2.70. The molecule has 1 heterocycles. The number of aromatic nitrogens is 1. The number of oxazole rings is 1. The maximum Gasteiger partial charge on any atom is 0.206 e. The first-order valence-corrected chi connectivity index (χ1v) is 3.61. The topological polar surface area (TPSA) is 26.0 Å². The third kappa shape index (κ3) is 0.997. The fourth-order valence-corrected chi connectivity index (χ4v) is 1.12. The molecular weight excluding hydrogens is 202 g/mol. The van der Waals surface area contributed by atoms with E-state index in [1.807, 2.05) is 0 Å². The van der Waals surface area contributed by atoms with E-state index in [0.29, 0.717) is 0 Å². The molecule has 1 aromatic heterocycles. The van der Waals surface area contributed by atoms with Gasteiger partial charge in [0.15, 0.2) is 28.6 Å². The van der Waals surface area contributed by atoms with Crippen LogP contribution in [-0.4, -0.2) is 4.98 Å². The zero-order valence-electron chi connectivity index (χ0n) is 6.87. The summed E-state index contributed by atoms with van der Waals surface area (Å²) in [7, 11) is 0. The Morgan fingerprint density at radius 3 is 2.14 bits per heavy atom. The molecule has 74 valence electrons. The Balaban J connectivity index is 3.01. The SMILES string of the molecule is Cc1nc2c(F)c(F)c(F)c(F)c2o1. The normalized spacial score (nSPS) is 11.2. The summed E-state index contributed by atoms with van der Waals surface area (Å²) in [4.78, 5) is 3.39. The van der Waals surface area contributed by atoms with Gasteiger partial charge in [0.25, 0.3) is 0 Å². The predicted octanol–water partition coefficient (Wildman–Crippen LogP) is 2.69. The number of aryl methyl sites for hydroxylation is 1. The van der Waals surface area contributed by atoms with Gasteiger partial charge in [-0.3, -0.25) is 0 Å². The van der Waals surface area contributed by atoms with E-state index in [-0.39, 0.29) is 5.89 Å². The van der Waals surface area contributed by atoms with Crippen LogP contribution in [0.4, 0.5) is 17.6 Å². The van der Waals surface area contributed by atoms with Crippen LogP contribution in [0, 0.1) is 30.2 Å². The fraction of sp³-hybridized carbons (Fsp3) is 0.125. The Bertz CT molecular complexity index is 475. The van der Waals surface area contributed by atoms with Crippen molar-refractivity contribution in [3.8, 4) is 0 Å². The molecule has 0 N–H and O–H groups in total. The molecule has 0 aliphatic carbocycles. The number of rotatable bonds is 0. The van der Waals surface area contributed by atoms with Crippen molar-refractivity contribution >= 4 is 11.1 Å².